The molecule has 2 saturated heterocycles. The highest BCUT2D eigenvalue weighted by atomic mass is 19.4. The monoisotopic (exact) mass is 1310 g/mol. The Labute approximate surface area is 528 Å². The van der Waals surface area contributed by atoms with Gasteiger partial charge in [0, 0.05) is 62.2 Å². The molecule has 6 heterocycles. The number of hydrogen-bond donors (Lipinski definition) is 2. The Balaban J connectivity index is 0.000000192. The molecular weight excluding hydrogens is 1250 g/mol. The molecule has 4 aromatic heterocycles. The summed E-state index contributed by atoms with van der Waals surface area (Å²) < 4.78 is 177. The van der Waals surface area contributed by atoms with Gasteiger partial charge in [-0.1, -0.05) is 36.4 Å². The molecule has 26 heteroatoms. The van der Waals surface area contributed by atoms with Gasteiger partial charge < -0.3 is 47.8 Å². The molecule has 2 N–H and O–H groups in total. The zero-order valence-corrected chi connectivity index (χ0v) is 49.9. The van der Waals surface area contributed by atoms with Gasteiger partial charge in [0.15, 0.2) is 0 Å². The van der Waals surface area contributed by atoms with E-state index in [0.717, 1.165) is 48.5 Å². The van der Waals surface area contributed by atoms with E-state index in [2.05, 4.69) is 19.9 Å². The number of fused-ring (bicyclic) bond motifs is 2. The lowest BCUT2D eigenvalue weighted by Crippen LogP contribution is -2.23. The van der Waals surface area contributed by atoms with Gasteiger partial charge in [-0.15, -0.1) is 0 Å². The lowest BCUT2D eigenvalue weighted by molar-refractivity contribution is -0.138. The lowest BCUT2D eigenvalue weighted by atomic mass is 10.0. The highest BCUT2D eigenvalue weighted by molar-refractivity contribution is 5.93. The zero-order chi connectivity index (χ0) is 66.6. The largest absolute Gasteiger partial charge is 0.478 e. The Kier molecular flexibility index (Phi) is 19.5. The van der Waals surface area contributed by atoms with Crippen LogP contribution in [0.2, 0.25) is 0 Å². The van der Waals surface area contributed by atoms with Crippen molar-refractivity contribution in [2.75, 3.05) is 53.9 Å². The van der Waals surface area contributed by atoms with Gasteiger partial charge in [-0.3, -0.25) is 0 Å². The Hall–Kier alpha value is -9.76. The summed E-state index contributed by atoms with van der Waals surface area (Å²) in [6, 6.07) is 30.7. The van der Waals surface area contributed by atoms with Crippen LogP contribution in [-0.2, 0) is 57.4 Å². The Morgan fingerprint density at radius 3 is 1.26 bits per heavy atom. The molecule has 2 fully saturated rings. The highest BCUT2D eigenvalue weighted by Gasteiger charge is 2.36. The van der Waals surface area contributed by atoms with Gasteiger partial charge in [0.1, 0.15) is 48.1 Å². The number of benzene rings is 6. The van der Waals surface area contributed by atoms with Crippen molar-refractivity contribution in [1.82, 2.24) is 29.1 Å². The van der Waals surface area contributed by atoms with Crippen LogP contribution in [-0.4, -0.2) is 105 Å². The maximum Gasteiger partial charge on any atom is 0.416 e. The molecule has 0 saturated carbocycles. The second-order valence-electron chi connectivity index (χ2n) is 22.3. The fourth-order valence-corrected chi connectivity index (χ4v) is 11.4. The van der Waals surface area contributed by atoms with E-state index in [0.29, 0.717) is 84.5 Å². The molecule has 0 unspecified atom stereocenters. The SMILES string of the molecule is COC[C@H]1COC[C@H]1n1c(Cc2cc(F)c(-c3cccc(OCc4ccc(C(F)(F)F)cc4)n3)cc2F)nc2ccc(C(=O)O)cc21.COC[C@H]1COC[C@H]1n1c(Cc2cc(F)c(-c3cccc(OCc4ccc(C(F)(F)F)cc4)n3)cc2F)nc2ccc(C(=O)O)cc21. The molecule has 0 radical (unpaired) electrons. The van der Waals surface area contributed by atoms with Crippen LogP contribution in [0.3, 0.4) is 0 Å². The minimum Gasteiger partial charge on any atom is -0.478 e. The van der Waals surface area contributed by atoms with Crippen molar-refractivity contribution >= 4 is 34.0 Å². The van der Waals surface area contributed by atoms with Crippen molar-refractivity contribution in [1.29, 1.82) is 0 Å². The molecule has 0 bridgehead atoms. The van der Waals surface area contributed by atoms with Crippen molar-refractivity contribution in [2.45, 2.75) is 50.5 Å². The number of imidazole rings is 2. The van der Waals surface area contributed by atoms with Crippen LogP contribution >= 0.6 is 0 Å². The van der Waals surface area contributed by atoms with E-state index < -0.39 is 58.7 Å². The minimum absolute atomic E-state index is 0.0261. The molecule has 0 aliphatic carbocycles. The third kappa shape index (κ3) is 14.7. The van der Waals surface area contributed by atoms with Gasteiger partial charge in [-0.2, -0.15) is 26.3 Å². The molecule has 10 aromatic rings. The van der Waals surface area contributed by atoms with Crippen molar-refractivity contribution in [3.63, 3.8) is 0 Å². The quantitative estimate of drug-likeness (QED) is 0.0685. The predicted molar refractivity (Wildman–Crippen MR) is 320 cm³/mol. The summed E-state index contributed by atoms with van der Waals surface area (Å²) in [5.74, 6) is -4.31. The van der Waals surface area contributed by atoms with Gasteiger partial charge in [0.05, 0.1) is 107 Å². The summed E-state index contributed by atoms with van der Waals surface area (Å²) in [6.07, 6.45) is -9.10. The summed E-state index contributed by atoms with van der Waals surface area (Å²) in [5, 5.41) is 19.2. The lowest BCUT2D eigenvalue weighted by Gasteiger charge is -2.22. The first-order valence-corrected chi connectivity index (χ1v) is 29.1. The van der Waals surface area contributed by atoms with E-state index in [4.69, 9.17) is 28.4 Å². The fraction of sp³-hybridized carbons (Fsp3) is 0.265. The molecule has 0 amide bonds. The van der Waals surface area contributed by atoms with Crippen molar-refractivity contribution in [3.05, 3.63) is 225 Å². The first-order chi connectivity index (χ1) is 45.0. The molecule has 4 atom stereocenters. The van der Waals surface area contributed by atoms with Crippen molar-refractivity contribution < 1.29 is 92.1 Å². The predicted octanol–water partition coefficient (Wildman–Crippen LogP) is 14.2. The van der Waals surface area contributed by atoms with E-state index in [1.165, 1.54) is 72.8 Å². The van der Waals surface area contributed by atoms with Gasteiger partial charge in [-0.05, 0) is 119 Å². The summed E-state index contributed by atoms with van der Waals surface area (Å²) in [4.78, 5) is 41.3. The first-order valence-electron chi connectivity index (χ1n) is 29.1. The number of carbonyl (C=O) groups is 2. The Bertz CT molecular complexity index is 4130. The van der Waals surface area contributed by atoms with Gasteiger partial charge in [-0.25, -0.2) is 47.1 Å². The Morgan fingerprint density at radius 1 is 0.500 bits per heavy atom. The molecule has 488 valence electrons. The topological polar surface area (TPSA) is 191 Å². The van der Waals surface area contributed by atoms with E-state index >= 15 is 17.6 Å². The summed E-state index contributed by atoms with van der Waals surface area (Å²) in [5.41, 5.74) is 1.58. The number of methoxy groups -OCH3 is 2. The normalized spacial score (nSPS) is 16.6. The highest BCUT2D eigenvalue weighted by Crippen LogP contribution is 2.38. The molecule has 2 aliphatic heterocycles. The van der Waals surface area contributed by atoms with Gasteiger partial charge in [0.2, 0.25) is 11.8 Å². The Morgan fingerprint density at radius 2 is 0.894 bits per heavy atom. The summed E-state index contributed by atoms with van der Waals surface area (Å²) in [7, 11) is 3.14. The van der Waals surface area contributed by atoms with Crippen LogP contribution in [0.5, 0.6) is 11.8 Å². The molecule has 0 spiro atoms. The number of aromatic carboxylic acids is 2. The number of alkyl halides is 6. The molecule has 12 rings (SSSR count). The van der Waals surface area contributed by atoms with Crippen LogP contribution in [0.4, 0.5) is 43.9 Å². The third-order valence-electron chi connectivity index (χ3n) is 16.1. The number of halogens is 10. The van der Waals surface area contributed by atoms with Crippen LogP contribution in [0.25, 0.3) is 44.6 Å². The molecule has 2 aliphatic rings. The fourth-order valence-electron chi connectivity index (χ4n) is 11.4. The average Bonchev–Trinajstić information content (AvgIpc) is 1.55. The molecule has 16 nitrogen and oxygen atoms in total. The number of carboxylic acid groups (broad SMARTS) is 2. The second-order valence-corrected chi connectivity index (χ2v) is 22.3. The zero-order valence-electron chi connectivity index (χ0n) is 49.9. The van der Waals surface area contributed by atoms with Gasteiger partial charge in [0.25, 0.3) is 0 Å². The standard InChI is InChI=1S/2C34H28F5N3O5/c2*1-45-16-22-17-46-18-30(22)42-29-12-20(33(43)44)7-10-28(29)40-31(42)13-21-11-26(36)24(14-25(21)35)27-3-2-4-32(41-27)47-15-19-5-8-23(9-6-19)34(37,38)39/h2*2-12,14,22,30H,13,15-18H2,1H3,(H,43,44)/t2*22-,30+/m00/s1. The molecule has 94 heavy (non-hydrogen) atoms. The van der Waals surface area contributed by atoms with Crippen LogP contribution in [0.15, 0.2) is 146 Å². The van der Waals surface area contributed by atoms with E-state index in [-0.39, 0.29) is 107 Å². The van der Waals surface area contributed by atoms with Gasteiger partial charge >= 0.3 is 24.3 Å². The maximum absolute atomic E-state index is 15.7. The first kappa shape index (κ1) is 65.7. The summed E-state index contributed by atoms with van der Waals surface area (Å²) >= 11 is 0. The number of pyridine rings is 2. The van der Waals surface area contributed by atoms with E-state index in [9.17, 15) is 46.1 Å². The summed E-state index contributed by atoms with van der Waals surface area (Å²) in [6.45, 7) is 2.01. The molecule has 6 aromatic carbocycles. The van der Waals surface area contributed by atoms with Crippen LogP contribution in [0, 0.1) is 35.1 Å². The number of carboxylic acids is 2. The van der Waals surface area contributed by atoms with Crippen LogP contribution < -0.4 is 9.47 Å². The minimum atomic E-state index is -4.46. The average molecular weight is 1310 g/mol. The number of rotatable bonds is 20. The smallest absolute Gasteiger partial charge is 0.416 e. The molecular formula is C68H56F10N6O10. The number of aromatic nitrogens is 6. The van der Waals surface area contributed by atoms with Crippen molar-refractivity contribution in [3.8, 4) is 34.3 Å². The van der Waals surface area contributed by atoms with E-state index in [1.54, 1.807) is 38.5 Å². The van der Waals surface area contributed by atoms with E-state index in [1.807, 2.05) is 9.13 Å². The third-order valence-corrected chi connectivity index (χ3v) is 16.1. The number of hydrogen-bond acceptors (Lipinski definition) is 12. The second kappa shape index (κ2) is 27.8. The van der Waals surface area contributed by atoms with Crippen LogP contribution in [0.1, 0.15) is 77.8 Å². The number of nitrogens with zero attached hydrogens (tertiary/aromatic N) is 6. The maximum atomic E-state index is 15.7. The van der Waals surface area contributed by atoms with Crippen molar-refractivity contribution in [2.24, 2.45) is 11.8 Å². The number of ether oxygens (including phenoxy) is 6.